The fourth-order valence-electron chi connectivity index (χ4n) is 2.30. The number of aryl methyl sites for hydroxylation is 1. The molecular formula is C20H21N3O2S. The number of aromatic nitrogens is 2. The van der Waals surface area contributed by atoms with Gasteiger partial charge in [0.2, 0.25) is 5.91 Å². The molecule has 5 nitrogen and oxygen atoms in total. The molecule has 0 saturated carbocycles. The highest BCUT2D eigenvalue weighted by atomic mass is 32.2. The first-order valence-electron chi connectivity index (χ1n) is 8.33. The number of thioether (sulfide) groups is 1. The third kappa shape index (κ3) is 4.89. The third-order valence-electron chi connectivity index (χ3n) is 3.80. The molecule has 0 saturated heterocycles. The average Bonchev–Trinajstić information content (AvgIpc) is 3.06. The number of rotatable bonds is 7. The first-order valence-corrected chi connectivity index (χ1v) is 9.21. The Bertz CT molecular complexity index is 847. The summed E-state index contributed by atoms with van der Waals surface area (Å²) in [5, 5.41) is 3.49. The van der Waals surface area contributed by atoms with Crippen LogP contribution in [0.4, 0.5) is 5.69 Å². The van der Waals surface area contributed by atoms with Gasteiger partial charge < -0.3 is 14.6 Å². The minimum atomic E-state index is -0.245. The number of hydrogen-bond donors (Lipinski definition) is 1. The van der Waals surface area contributed by atoms with E-state index < -0.39 is 0 Å². The second-order valence-electron chi connectivity index (χ2n) is 5.87. The Kier molecular flexibility index (Phi) is 5.96. The van der Waals surface area contributed by atoms with E-state index in [1.807, 2.05) is 79.3 Å². The van der Waals surface area contributed by atoms with Gasteiger partial charge in [0.1, 0.15) is 12.4 Å². The fraction of sp³-hybridized carbons (Fsp3) is 0.200. The highest BCUT2D eigenvalue weighted by Gasteiger charge is 2.16. The van der Waals surface area contributed by atoms with Crippen molar-refractivity contribution in [2.24, 2.45) is 7.05 Å². The van der Waals surface area contributed by atoms with Crippen LogP contribution in [0.25, 0.3) is 0 Å². The summed E-state index contributed by atoms with van der Waals surface area (Å²) in [6, 6.07) is 17.4. The maximum Gasteiger partial charge on any atom is 0.237 e. The van der Waals surface area contributed by atoms with Gasteiger partial charge in [0.05, 0.1) is 5.25 Å². The van der Waals surface area contributed by atoms with Gasteiger partial charge in [-0.2, -0.15) is 0 Å². The minimum absolute atomic E-state index is 0.0593. The first-order chi connectivity index (χ1) is 12.6. The van der Waals surface area contributed by atoms with E-state index in [1.165, 1.54) is 11.8 Å². The molecule has 1 unspecified atom stereocenters. The third-order valence-corrected chi connectivity index (χ3v) is 4.97. The monoisotopic (exact) mass is 367 g/mol. The highest BCUT2D eigenvalue weighted by Crippen LogP contribution is 2.23. The molecule has 1 aromatic heterocycles. The van der Waals surface area contributed by atoms with Crippen molar-refractivity contribution in [1.29, 1.82) is 0 Å². The lowest BCUT2D eigenvalue weighted by atomic mass is 10.2. The molecule has 26 heavy (non-hydrogen) atoms. The summed E-state index contributed by atoms with van der Waals surface area (Å²) in [5.41, 5.74) is 1.86. The predicted molar refractivity (Wildman–Crippen MR) is 104 cm³/mol. The molecule has 2 aromatic carbocycles. The van der Waals surface area contributed by atoms with Gasteiger partial charge >= 0.3 is 0 Å². The smallest absolute Gasteiger partial charge is 0.237 e. The van der Waals surface area contributed by atoms with Crippen molar-refractivity contribution in [2.45, 2.75) is 23.9 Å². The molecule has 1 N–H and O–H groups in total. The number of carbonyl (C=O) groups is 1. The number of hydrogen-bond acceptors (Lipinski definition) is 4. The molecule has 6 heteroatoms. The molecule has 0 aliphatic heterocycles. The lowest BCUT2D eigenvalue weighted by Crippen LogP contribution is -2.22. The highest BCUT2D eigenvalue weighted by molar-refractivity contribution is 8.00. The van der Waals surface area contributed by atoms with Gasteiger partial charge in [0.15, 0.2) is 5.16 Å². The van der Waals surface area contributed by atoms with Crippen molar-refractivity contribution in [3.63, 3.8) is 0 Å². The molecule has 134 valence electrons. The molecule has 0 spiro atoms. The quantitative estimate of drug-likeness (QED) is 0.638. The Morgan fingerprint density at radius 1 is 1.19 bits per heavy atom. The van der Waals surface area contributed by atoms with Gasteiger partial charge in [-0.1, -0.05) is 42.1 Å². The summed E-state index contributed by atoms with van der Waals surface area (Å²) in [4.78, 5) is 16.6. The van der Waals surface area contributed by atoms with Crippen LogP contribution in [-0.2, 0) is 18.4 Å². The molecule has 0 bridgehead atoms. The van der Waals surface area contributed by atoms with Gasteiger partial charge in [-0.25, -0.2) is 4.98 Å². The van der Waals surface area contributed by atoms with Crippen LogP contribution >= 0.6 is 11.8 Å². The normalized spacial score (nSPS) is 11.8. The van der Waals surface area contributed by atoms with Crippen LogP contribution in [0.1, 0.15) is 12.5 Å². The second kappa shape index (κ2) is 8.58. The maximum absolute atomic E-state index is 12.3. The lowest BCUT2D eigenvalue weighted by molar-refractivity contribution is -0.115. The van der Waals surface area contributed by atoms with Crippen molar-refractivity contribution in [2.75, 3.05) is 5.32 Å². The van der Waals surface area contributed by atoms with Crippen LogP contribution in [0.3, 0.4) is 0 Å². The Morgan fingerprint density at radius 2 is 1.92 bits per heavy atom. The Balaban J connectivity index is 1.51. The largest absolute Gasteiger partial charge is 0.489 e. The van der Waals surface area contributed by atoms with Crippen LogP contribution in [-0.4, -0.2) is 20.7 Å². The van der Waals surface area contributed by atoms with Crippen LogP contribution in [0.5, 0.6) is 5.75 Å². The Labute approximate surface area is 157 Å². The van der Waals surface area contributed by atoms with Crippen molar-refractivity contribution < 1.29 is 9.53 Å². The summed E-state index contributed by atoms with van der Waals surface area (Å²) in [6.45, 7) is 2.38. The number of anilines is 1. The number of carbonyl (C=O) groups excluding carboxylic acids is 1. The van der Waals surface area contributed by atoms with E-state index in [2.05, 4.69) is 10.3 Å². The van der Waals surface area contributed by atoms with Gasteiger partial charge in [0.25, 0.3) is 0 Å². The number of benzene rings is 2. The summed E-state index contributed by atoms with van der Waals surface area (Å²) < 4.78 is 7.65. The average molecular weight is 367 g/mol. The van der Waals surface area contributed by atoms with E-state index in [0.717, 1.165) is 22.2 Å². The number of imidazole rings is 1. The molecular weight excluding hydrogens is 346 g/mol. The van der Waals surface area contributed by atoms with Gasteiger partial charge in [-0.15, -0.1) is 0 Å². The van der Waals surface area contributed by atoms with Gasteiger partial charge in [0, 0.05) is 25.1 Å². The van der Waals surface area contributed by atoms with E-state index in [0.29, 0.717) is 6.61 Å². The zero-order chi connectivity index (χ0) is 18.4. The van der Waals surface area contributed by atoms with Gasteiger partial charge in [-0.3, -0.25) is 4.79 Å². The molecule has 0 aliphatic carbocycles. The van der Waals surface area contributed by atoms with Crippen molar-refractivity contribution in [3.05, 3.63) is 72.6 Å². The maximum atomic E-state index is 12.3. The molecule has 3 aromatic rings. The standard InChI is InChI=1S/C20H21N3O2S/c1-15(26-20-21-12-13-23(20)2)19(24)22-17-8-10-18(11-9-17)25-14-16-6-4-3-5-7-16/h3-13,15H,14H2,1-2H3,(H,22,24). The minimum Gasteiger partial charge on any atom is -0.489 e. The molecule has 0 fully saturated rings. The Hall–Kier alpha value is -2.73. The molecule has 1 atom stereocenters. The van der Waals surface area contributed by atoms with E-state index in [1.54, 1.807) is 6.20 Å². The molecule has 0 radical (unpaired) electrons. The molecule has 0 aliphatic rings. The lowest BCUT2D eigenvalue weighted by Gasteiger charge is -2.12. The first kappa shape index (κ1) is 18.1. The summed E-state index contributed by atoms with van der Waals surface area (Å²) in [7, 11) is 1.91. The van der Waals surface area contributed by atoms with Gasteiger partial charge in [-0.05, 0) is 36.8 Å². The van der Waals surface area contributed by atoms with Crippen LogP contribution in [0.15, 0.2) is 72.1 Å². The summed E-state index contributed by atoms with van der Waals surface area (Å²) >= 11 is 1.43. The van der Waals surface area contributed by atoms with Crippen LogP contribution < -0.4 is 10.1 Å². The van der Waals surface area contributed by atoms with E-state index >= 15 is 0 Å². The zero-order valence-corrected chi connectivity index (χ0v) is 15.6. The molecule has 1 amide bonds. The van der Waals surface area contributed by atoms with E-state index in [4.69, 9.17) is 4.74 Å². The number of nitrogens with zero attached hydrogens (tertiary/aromatic N) is 2. The molecule has 1 heterocycles. The predicted octanol–water partition coefficient (Wildman–Crippen LogP) is 4.12. The van der Waals surface area contributed by atoms with Crippen LogP contribution in [0.2, 0.25) is 0 Å². The van der Waals surface area contributed by atoms with E-state index in [-0.39, 0.29) is 11.2 Å². The Morgan fingerprint density at radius 3 is 2.58 bits per heavy atom. The SMILES string of the molecule is CC(Sc1nccn1C)C(=O)Nc1ccc(OCc2ccccc2)cc1. The number of ether oxygens (including phenoxy) is 1. The van der Waals surface area contributed by atoms with E-state index in [9.17, 15) is 4.79 Å². The summed E-state index contributed by atoms with van der Waals surface area (Å²) in [5.74, 6) is 0.707. The second-order valence-corrected chi connectivity index (χ2v) is 7.18. The number of nitrogens with one attached hydrogen (secondary N) is 1. The summed E-state index contributed by atoms with van der Waals surface area (Å²) in [6.07, 6.45) is 3.59. The number of amides is 1. The van der Waals surface area contributed by atoms with Crippen molar-refractivity contribution in [3.8, 4) is 5.75 Å². The van der Waals surface area contributed by atoms with Crippen molar-refractivity contribution >= 4 is 23.4 Å². The topological polar surface area (TPSA) is 56.2 Å². The molecule has 3 rings (SSSR count). The van der Waals surface area contributed by atoms with Crippen LogP contribution in [0, 0.1) is 0 Å². The fourth-order valence-corrected chi connectivity index (χ4v) is 3.13. The zero-order valence-electron chi connectivity index (χ0n) is 14.8. The van der Waals surface area contributed by atoms with Crippen molar-refractivity contribution in [1.82, 2.24) is 9.55 Å².